The van der Waals surface area contributed by atoms with Gasteiger partial charge in [0.05, 0.1) is 11.6 Å². The van der Waals surface area contributed by atoms with Crippen LogP contribution >= 0.6 is 0 Å². The summed E-state index contributed by atoms with van der Waals surface area (Å²) in [4.78, 5) is 19.5. The molecule has 4 rings (SSSR count). The van der Waals surface area contributed by atoms with E-state index in [0.717, 1.165) is 34.4 Å². The fourth-order valence-corrected chi connectivity index (χ4v) is 4.07. The molecule has 3 aromatic rings. The van der Waals surface area contributed by atoms with E-state index in [9.17, 15) is 4.79 Å². The van der Waals surface area contributed by atoms with Crippen LogP contribution in [0.3, 0.4) is 0 Å². The van der Waals surface area contributed by atoms with E-state index in [-0.39, 0.29) is 12.1 Å². The van der Waals surface area contributed by atoms with Crippen molar-refractivity contribution < 1.29 is 9.32 Å². The van der Waals surface area contributed by atoms with Gasteiger partial charge in [-0.2, -0.15) is 4.98 Å². The highest BCUT2D eigenvalue weighted by Crippen LogP contribution is 2.37. The van der Waals surface area contributed by atoms with Gasteiger partial charge >= 0.3 is 6.03 Å². The van der Waals surface area contributed by atoms with Crippen molar-refractivity contribution in [2.45, 2.75) is 47.1 Å². The standard InChI is InChI=1S/C26H30N4O2/c1-6-19-10-12-20(13-11-19)23-22(18(5)30(15-16(2)3)26(31)27-23)25-28-24(29-32-25)21-9-7-8-17(4)14-21/h7-14,16,23H,6,15H2,1-5H3,(H,27,31). The number of nitrogens with zero attached hydrogens (tertiary/aromatic N) is 3. The molecule has 6 nitrogen and oxygen atoms in total. The van der Waals surface area contributed by atoms with Crippen molar-refractivity contribution in [1.29, 1.82) is 0 Å². The van der Waals surface area contributed by atoms with E-state index in [4.69, 9.17) is 9.51 Å². The summed E-state index contributed by atoms with van der Waals surface area (Å²) in [6.45, 7) is 10.9. The molecule has 0 fully saturated rings. The van der Waals surface area contributed by atoms with E-state index in [1.165, 1.54) is 5.56 Å². The maximum Gasteiger partial charge on any atom is 0.322 e. The van der Waals surface area contributed by atoms with Crippen LogP contribution in [-0.4, -0.2) is 27.6 Å². The zero-order valence-electron chi connectivity index (χ0n) is 19.3. The summed E-state index contributed by atoms with van der Waals surface area (Å²) in [5.74, 6) is 1.29. The lowest BCUT2D eigenvalue weighted by atomic mass is 9.93. The van der Waals surface area contributed by atoms with Gasteiger partial charge in [-0.3, -0.25) is 4.90 Å². The minimum absolute atomic E-state index is 0.108. The Morgan fingerprint density at radius 1 is 1.12 bits per heavy atom. The highest BCUT2D eigenvalue weighted by atomic mass is 16.5. The number of rotatable bonds is 6. The normalized spacial score (nSPS) is 16.6. The third kappa shape index (κ3) is 4.31. The molecule has 1 aliphatic rings. The summed E-state index contributed by atoms with van der Waals surface area (Å²) < 4.78 is 5.76. The summed E-state index contributed by atoms with van der Waals surface area (Å²) >= 11 is 0. The molecule has 0 aliphatic carbocycles. The minimum Gasteiger partial charge on any atom is -0.334 e. The van der Waals surface area contributed by atoms with Crippen LogP contribution in [0.1, 0.15) is 56.3 Å². The number of hydrogen-bond donors (Lipinski definition) is 1. The third-order valence-corrected chi connectivity index (χ3v) is 5.80. The van der Waals surface area contributed by atoms with Gasteiger partial charge < -0.3 is 9.84 Å². The first-order chi connectivity index (χ1) is 15.4. The Balaban J connectivity index is 1.80. The van der Waals surface area contributed by atoms with Gasteiger partial charge in [0.2, 0.25) is 5.82 Å². The van der Waals surface area contributed by atoms with Gasteiger partial charge in [-0.25, -0.2) is 4.79 Å². The molecule has 0 saturated heterocycles. The summed E-state index contributed by atoms with van der Waals surface area (Å²) in [6.07, 6.45) is 0.963. The monoisotopic (exact) mass is 430 g/mol. The third-order valence-electron chi connectivity index (χ3n) is 5.80. The van der Waals surface area contributed by atoms with Crippen LogP contribution < -0.4 is 5.32 Å². The quantitative estimate of drug-likeness (QED) is 0.540. The zero-order valence-corrected chi connectivity index (χ0v) is 19.3. The molecule has 166 valence electrons. The lowest BCUT2D eigenvalue weighted by Gasteiger charge is -2.36. The second-order valence-corrected chi connectivity index (χ2v) is 8.77. The second-order valence-electron chi connectivity index (χ2n) is 8.77. The molecule has 0 spiro atoms. The fourth-order valence-electron chi connectivity index (χ4n) is 4.07. The number of hydrogen-bond acceptors (Lipinski definition) is 4. The summed E-state index contributed by atoms with van der Waals surface area (Å²) in [7, 11) is 0. The number of aromatic nitrogens is 2. The number of aryl methyl sites for hydroxylation is 2. The number of carbonyl (C=O) groups is 1. The van der Waals surface area contributed by atoms with Crippen molar-refractivity contribution in [1.82, 2.24) is 20.4 Å². The van der Waals surface area contributed by atoms with Gasteiger partial charge in [-0.05, 0) is 43.4 Å². The van der Waals surface area contributed by atoms with Crippen LogP contribution in [0.4, 0.5) is 4.79 Å². The van der Waals surface area contributed by atoms with Gasteiger partial charge in [-0.15, -0.1) is 0 Å². The lowest BCUT2D eigenvalue weighted by molar-refractivity contribution is 0.199. The Labute approximate surface area is 189 Å². The summed E-state index contributed by atoms with van der Waals surface area (Å²) in [5, 5.41) is 7.41. The van der Waals surface area contributed by atoms with Crippen LogP contribution in [0.25, 0.3) is 17.0 Å². The fraction of sp³-hybridized carbons (Fsp3) is 0.346. The van der Waals surface area contributed by atoms with Gasteiger partial charge in [0.25, 0.3) is 5.89 Å². The Morgan fingerprint density at radius 3 is 2.53 bits per heavy atom. The smallest absolute Gasteiger partial charge is 0.322 e. The molecule has 1 N–H and O–H groups in total. The highest BCUT2D eigenvalue weighted by molar-refractivity contribution is 5.86. The van der Waals surface area contributed by atoms with E-state index >= 15 is 0 Å². The van der Waals surface area contributed by atoms with Crippen molar-refractivity contribution >= 4 is 11.6 Å². The van der Waals surface area contributed by atoms with Gasteiger partial charge in [0.15, 0.2) is 0 Å². The van der Waals surface area contributed by atoms with Crippen molar-refractivity contribution in [3.8, 4) is 11.4 Å². The average Bonchev–Trinajstić information content (AvgIpc) is 3.26. The molecule has 1 aliphatic heterocycles. The number of carbonyl (C=O) groups excluding carboxylic acids is 1. The van der Waals surface area contributed by atoms with E-state index in [1.54, 1.807) is 4.90 Å². The first-order valence-corrected chi connectivity index (χ1v) is 11.2. The van der Waals surface area contributed by atoms with E-state index in [0.29, 0.717) is 24.2 Å². The largest absolute Gasteiger partial charge is 0.334 e. The molecular weight excluding hydrogens is 400 g/mol. The Kier molecular flexibility index (Phi) is 6.12. The van der Waals surface area contributed by atoms with Crippen LogP contribution in [0.2, 0.25) is 0 Å². The molecular formula is C26H30N4O2. The number of nitrogens with one attached hydrogen (secondary N) is 1. The predicted octanol–water partition coefficient (Wildman–Crippen LogP) is 5.76. The minimum atomic E-state index is -0.359. The molecule has 1 atom stereocenters. The van der Waals surface area contributed by atoms with E-state index in [2.05, 4.69) is 55.5 Å². The van der Waals surface area contributed by atoms with Gasteiger partial charge in [0, 0.05) is 17.8 Å². The molecule has 0 bridgehead atoms. The van der Waals surface area contributed by atoms with Crippen LogP contribution in [0.15, 0.2) is 58.8 Å². The predicted molar refractivity (Wildman–Crippen MR) is 126 cm³/mol. The highest BCUT2D eigenvalue weighted by Gasteiger charge is 2.35. The number of amides is 2. The van der Waals surface area contributed by atoms with Gasteiger partial charge in [-0.1, -0.05) is 74.0 Å². The van der Waals surface area contributed by atoms with Crippen LogP contribution in [-0.2, 0) is 6.42 Å². The molecule has 2 amide bonds. The molecule has 1 unspecified atom stereocenters. The van der Waals surface area contributed by atoms with Crippen molar-refractivity contribution in [3.05, 3.63) is 76.8 Å². The van der Waals surface area contributed by atoms with Crippen molar-refractivity contribution in [3.63, 3.8) is 0 Å². The van der Waals surface area contributed by atoms with Crippen LogP contribution in [0.5, 0.6) is 0 Å². The number of urea groups is 1. The molecule has 2 aromatic carbocycles. The Bertz CT molecular complexity index is 1140. The molecule has 0 radical (unpaired) electrons. The molecule has 2 heterocycles. The van der Waals surface area contributed by atoms with E-state index in [1.807, 2.05) is 38.1 Å². The number of benzene rings is 2. The average molecular weight is 431 g/mol. The zero-order chi connectivity index (χ0) is 22.8. The maximum absolute atomic E-state index is 13.0. The summed E-state index contributed by atoms with van der Waals surface area (Å²) in [5.41, 5.74) is 5.95. The lowest BCUT2D eigenvalue weighted by Crippen LogP contribution is -2.47. The molecule has 32 heavy (non-hydrogen) atoms. The summed E-state index contributed by atoms with van der Waals surface area (Å²) in [6, 6.07) is 15.9. The van der Waals surface area contributed by atoms with Crippen LogP contribution in [0, 0.1) is 12.8 Å². The first kappa shape index (κ1) is 21.8. The SMILES string of the molecule is CCc1ccc(C2NC(=O)N(CC(C)C)C(C)=C2c2nc(-c3cccc(C)c3)no2)cc1. The molecule has 0 saturated carbocycles. The topological polar surface area (TPSA) is 71.3 Å². The first-order valence-electron chi connectivity index (χ1n) is 11.2. The molecule has 6 heteroatoms. The van der Waals surface area contributed by atoms with E-state index < -0.39 is 0 Å². The molecule has 1 aromatic heterocycles. The van der Waals surface area contributed by atoms with Gasteiger partial charge in [0.1, 0.15) is 0 Å². The maximum atomic E-state index is 13.0. The number of allylic oxidation sites excluding steroid dienone is 1. The second kappa shape index (κ2) is 8.99. The Hall–Kier alpha value is -3.41. The Morgan fingerprint density at radius 2 is 1.88 bits per heavy atom. The van der Waals surface area contributed by atoms with Crippen molar-refractivity contribution in [2.75, 3.05) is 6.54 Å². The van der Waals surface area contributed by atoms with Crippen molar-refractivity contribution in [2.24, 2.45) is 5.92 Å².